The van der Waals surface area contributed by atoms with Crippen LogP contribution in [0.25, 0.3) is 66.6 Å². The number of carbonyl (C=O) groups is 2. The minimum Gasteiger partial charge on any atom is -0.378 e. The number of hydrogen-bond acceptors (Lipinski definition) is 6. The molecule has 4 aliphatic carbocycles. The predicted molar refractivity (Wildman–Crippen MR) is 329 cm³/mol. The lowest BCUT2D eigenvalue weighted by molar-refractivity contribution is 0.0963. The summed E-state index contributed by atoms with van der Waals surface area (Å²) in [4.78, 5) is 50.6. The molecule has 396 valence electrons. The van der Waals surface area contributed by atoms with Crippen molar-refractivity contribution in [3.8, 4) is 22.3 Å². The van der Waals surface area contributed by atoms with E-state index < -0.39 is 74.5 Å². The topological polar surface area (TPSA) is 98.0 Å². The average molecular weight is 1060 g/mol. The van der Waals surface area contributed by atoms with Crippen LogP contribution in [-0.4, -0.2) is 45.5 Å². The number of ketones is 2. The number of rotatable bonds is 8. The van der Waals surface area contributed by atoms with Gasteiger partial charge in [-0.05, 0) is 191 Å². The number of aromatic amines is 2. The molecule has 80 heavy (non-hydrogen) atoms. The van der Waals surface area contributed by atoms with E-state index in [4.69, 9.17) is 23.7 Å². The number of fused-ring (bicyclic) bond motifs is 10. The van der Waals surface area contributed by atoms with E-state index in [2.05, 4.69) is 82.7 Å². The molecule has 0 fully saturated rings. The molecule has 2 N–H and O–H groups in total. The van der Waals surface area contributed by atoms with Crippen molar-refractivity contribution in [3.05, 3.63) is 222 Å². The van der Waals surface area contributed by atoms with Gasteiger partial charge in [-0.3, -0.25) is 9.59 Å². The van der Waals surface area contributed by atoms with E-state index in [-0.39, 0.29) is 44.8 Å². The zero-order chi connectivity index (χ0) is 67.2. The number of nitrogens with zero attached hydrogens (tertiary/aromatic N) is 4. The van der Waals surface area contributed by atoms with E-state index >= 15 is 4.79 Å². The number of Topliss-reactive ketones (excluding diaryl/α,β-unsaturated/α-hetero) is 2. The first-order valence-electron chi connectivity index (χ1n) is 34.6. The number of aryl methyl sites for hydroxylation is 4. The van der Waals surface area contributed by atoms with Gasteiger partial charge in [0.15, 0.2) is 11.6 Å². The molecule has 8 heteroatoms. The number of benzene rings is 5. The predicted octanol–water partition coefficient (Wildman–Crippen LogP) is 16.6. The Hall–Kier alpha value is -8.62. The van der Waals surface area contributed by atoms with E-state index in [9.17, 15) is 10.3 Å². The summed E-state index contributed by atoms with van der Waals surface area (Å²) in [6.45, 7) is 5.73. The SMILES string of the molecule is [2H]c1c([2H])c([2H])c2c(c1[2H])C(=O)C1=C(C2=O)C2c3ccccc3C1c1ccc(-c3c4nc(cc5nc(c(-c6ccc7c(c6)C([2H])([2H])N(c6ccc(N(C([2H])([2H])[2H])C([2H])([2H])[2H])cc6)C7([2H])[2H])c6[nH]c(cc7[nH]c3c(C)c7CC)c(CC)c6C)C(C)=C5CC)C(CC)=C4C)cc12. The number of nitrogens with one attached hydrogen (secondary N) is 2. The van der Waals surface area contributed by atoms with Crippen molar-refractivity contribution in [2.24, 2.45) is 0 Å². The molecule has 2 atom stereocenters. The van der Waals surface area contributed by atoms with Crippen LogP contribution in [0.4, 0.5) is 11.4 Å². The zero-order valence-electron chi connectivity index (χ0n) is 59.8. The Labute approximate surface area is 488 Å². The second kappa shape index (κ2) is 18.5. The summed E-state index contributed by atoms with van der Waals surface area (Å²) in [5, 5.41) is 0. The third-order valence-corrected chi connectivity index (χ3v) is 17.7. The van der Waals surface area contributed by atoms with Crippen molar-refractivity contribution < 1.29 is 28.8 Å². The monoisotopic (exact) mass is 1060 g/mol. The number of aromatic nitrogens is 4. The first-order valence-corrected chi connectivity index (χ1v) is 27.6. The first-order chi connectivity index (χ1) is 44.4. The number of anilines is 2. The molecule has 3 aliphatic heterocycles. The molecule has 8 nitrogen and oxygen atoms in total. The maximum absolute atomic E-state index is 15.2. The van der Waals surface area contributed by atoms with Crippen LogP contribution in [0.5, 0.6) is 0 Å². The highest BCUT2D eigenvalue weighted by molar-refractivity contribution is 6.29. The average Bonchev–Trinajstić information content (AvgIpc) is 1.06. The van der Waals surface area contributed by atoms with Crippen molar-refractivity contribution >= 4 is 67.3 Å². The van der Waals surface area contributed by atoms with Crippen LogP contribution in [0, 0.1) is 13.8 Å². The summed E-state index contributed by atoms with van der Waals surface area (Å²) in [5.74, 6) is -2.57. The van der Waals surface area contributed by atoms with Gasteiger partial charge in [0.05, 0.1) is 44.8 Å². The van der Waals surface area contributed by atoms with Crippen LogP contribution < -0.4 is 9.80 Å². The van der Waals surface area contributed by atoms with E-state index in [1.54, 1.807) is 12.1 Å². The molecule has 8 aromatic rings. The smallest absolute Gasteiger partial charge is 0.191 e. The Kier molecular flexibility index (Phi) is 8.44. The van der Waals surface area contributed by atoms with Crippen LogP contribution >= 0.6 is 0 Å². The number of H-pyrrole nitrogens is 2. The van der Waals surface area contributed by atoms with E-state index in [0.29, 0.717) is 53.1 Å². The number of carbonyl (C=O) groups excluding carboxylic acids is 2. The molecular weight excluding hydrogens is 981 g/mol. The molecule has 15 rings (SSSR count). The Morgan fingerprint density at radius 3 is 1.65 bits per heavy atom. The van der Waals surface area contributed by atoms with Gasteiger partial charge in [-0.2, -0.15) is 0 Å². The maximum Gasteiger partial charge on any atom is 0.191 e. The normalized spacial score (nSPS) is 21.0. The van der Waals surface area contributed by atoms with E-state index in [1.165, 1.54) is 24.3 Å². The first kappa shape index (κ1) is 36.5. The quantitative estimate of drug-likeness (QED) is 0.157. The minimum atomic E-state index is -3.03. The van der Waals surface area contributed by atoms with E-state index in [1.807, 2.05) is 43.3 Å². The van der Waals surface area contributed by atoms with Crippen LogP contribution in [0.2, 0.25) is 0 Å². The Morgan fingerprint density at radius 2 is 1.11 bits per heavy atom. The summed E-state index contributed by atoms with van der Waals surface area (Å²) in [7, 11) is 0. The van der Waals surface area contributed by atoms with E-state index in [0.717, 1.165) is 116 Å². The Balaban J connectivity index is 0.997. The van der Waals surface area contributed by atoms with Gasteiger partial charge in [-0.25, -0.2) is 9.97 Å². The van der Waals surface area contributed by atoms with Crippen molar-refractivity contribution in [3.63, 3.8) is 0 Å². The third-order valence-electron chi connectivity index (χ3n) is 17.7. The van der Waals surface area contributed by atoms with Crippen molar-refractivity contribution in [2.75, 3.05) is 23.8 Å². The summed E-state index contributed by atoms with van der Waals surface area (Å²) >= 11 is 0. The summed E-state index contributed by atoms with van der Waals surface area (Å²) in [6, 6.07) is 26.3. The van der Waals surface area contributed by atoms with Gasteiger partial charge in [0, 0.05) is 103 Å². The minimum absolute atomic E-state index is 0.0629. The molecule has 0 spiro atoms. The molecule has 10 bridgehead atoms. The molecule has 0 radical (unpaired) electrons. The third kappa shape index (κ3) is 7.13. The molecule has 0 saturated carbocycles. The van der Waals surface area contributed by atoms with Gasteiger partial charge < -0.3 is 19.8 Å². The Morgan fingerprint density at radius 1 is 0.600 bits per heavy atom. The molecule has 6 heterocycles. The van der Waals surface area contributed by atoms with Gasteiger partial charge in [0.25, 0.3) is 0 Å². The summed E-state index contributed by atoms with van der Waals surface area (Å²) < 4.78 is 121. The lowest BCUT2D eigenvalue weighted by atomic mass is 9.57. The standard InChI is InChI=1S/C72H66N6O2/c1-11-47-37(5)67-61(41-23-24-43-35-78(36-44(43)31-41)46-28-26-45(27-29-46)77(9)10)68-38(6)48(12-2)58(74-68)34-60-50(14-4)40(8)70(76-60)62(69-39(7)49(13-3)59(75-69)33-57(47)73-67)42-25-30-53-56(32-42)64-52-20-16-15-19-51(52)63(53)65-66(64)72(80)55-22-18-17-21-54(55)71(65)79/h15-34,63-64,73,75H,11-14,35-36H2,1-10H3/i9D3,10D3,17D,18D,21D,22D,35D2,36D2. The van der Waals surface area contributed by atoms with Gasteiger partial charge in [-0.1, -0.05) is 100 Å². The molecule has 0 amide bonds. The molecule has 7 aliphatic rings. The van der Waals surface area contributed by atoms with Crippen LogP contribution in [0.1, 0.15) is 185 Å². The number of allylic oxidation sites excluding steroid dienone is 6. The van der Waals surface area contributed by atoms with Gasteiger partial charge in [-0.15, -0.1) is 0 Å². The maximum atomic E-state index is 15.2. The molecule has 5 aromatic carbocycles. The largest absolute Gasteiger partial charge is 0.378 e. The highest BCUT2D eigenvalue weighted by Crippen LogP contribution is 2.59. The van der Waals surface area contributed by atoms with Gasteiger partial charge in [0.1, 0.15) is 0 Å². The van der Waals surface area contributed by atoms with Gasteiger partial charge >= 0.3 is 0 Å². The van der Waals surface area contributed by atoms with Crippen LogP contribution in [0.15, 0.2) is 132 Å². The second-order valence-electron chi connectivity index (χ2n) is 21.6. The fraction of sp³-hybridized carbons (Fsp3) is 0.250. The zero-order valence-corrected chi connectivity index (χ0v) is 45.8. The summed E-state index contributed by atoms with van der Waals surface area (Å²) in [6.07, 6.45) is 2.47. The fourth-order valence-electron chi connectivity index (χ4n) is 13.9. The van der Waals surface area contributed by atoms with Crippen LogP contribution in [-0.2, 0) is 25.8 Å². The highest BCUT2D eigenvalue weighted by atomic mass is 16.1. The van der Waals surface area contributed by atoms with Crippen molar-refractivity contribution in [1.29, 1.82) is 0 Å². The molecule has 2 unspecified atom stereocenters. The highest BCUT2D eigenvalue weighted by Gasteiger charge is 2.50. The van der Waals surface area contributed by atoms with Crippen LogP contribution in [0.3, 0.4) is 0 Å². The lowest BCUT2D eigenvalue weighted by Gasteiger charge is -2.44. The Bertz CT molecular complexity index is 5030. The molecule has 3 aromatic heterocycles. The lowest BCUT2D eigenvalue weighted by Crippen LogP contribution is -2.37. The van der Waals surface area contributed by atoms with Crippen molar-refractivity contribution in [1.82, 2.24) is 19.9 Å². The molecular formula is C72H66N6O2. The van der Waals surface area contributed by atoms with Crippen molar-refractivity contribution in [2.45, 2.75) is 106 Å². The second-order valence-corrected chi connectivity index (χ2v) is 21.6. The number of hydrogen-bond donors (Lipinski definition) is 2. The van der Waals surface area contributed by atoms with Gasteiger partial charge in [0.2, 0.25) is 0 Å². The fourth-order valence-corrected chi connectivity index (χ4v) is 13.9. The molecule has 0 saturated heterocycles. The summed E-state index contributed by atoms with van der Waals surface area (Å²) in [5.41, 5.74) is 20.1.